The van der Waals surface area contributed by atoms with Crippen molar-refractivity contribution in [3.05, 3.63) is 53.6 Å². The number of hydrogen-bond acceptors (Lipinski definition) is 4. The highest BCUT2D eigenvalue weighted by molar-refractivity contribution is 5.89. The number of hydrogen-bond donors (Lipinski definition) is 1. The first-order valence-electron chi connectivity index (χ1n) is 10.4. The van der Waals surface area contributed by atoms with E-state index in [-0.39, 0.29) is 6.03 Å². The molecule has 2 aromatic rings. The number of carbonyl (C=O) groups is 1. The monoisotopic (exact) mass is 394 g/mol. The van der Waals surface area contributed by atoms with Crippen LogP contribution in [0.2, 0.25) is 0 Å². The molecule has 0 radical (unpaired) electrons. The Hall–Kier alpha value is -2.73. The summed E-state index contributed by atoms with van der Waals surface area (Å²) >= 11 is 0. The van der Waals surface area contributed by atoms with Crippen LogP contribution in [0.4, 0.5) is 21.9 Å². The summed E-state index contributed by atoms with van der Waals surface area (Å²) in [6.07, 6.45) is 0. The fraction of sp³-hybridized carbons (Fsp3) is 0.435. The van der Waals surface area contributed by atoms with Gasteiger partial charge in [0.15, 0.2) is 0 Å². The van der Waals surface area contributed by atoms with E-state index in [4.69, 9.17) is 4.74 Å². The second-order valence-corrected chi connectivity index (χ2v) is 7.79. The smallest absolute Gasteiger partial charge is 0.321 e. The molecule has 0 aromatic heterocycles. The van der Waals surface area contributed by atoms with Gasteiger partial charge in [0.25, 0.3) is 0 Å². The summed E-state index contributed by atoms with van der Waals surface area (Å²) in [5.74, 6) is 0. The zero-order valence-corrected chi connectivity index (χ0v) is 17.4. The highest BCUT2D eigenvalue weighted by Gasteiger charge is 2.24. The van der Waals surface area contributed by atoms with Gasteiger partial charge in [0.05, 0.1) is 24.6 Å². The van der Waals surface area contributed by atoms with Crippen LogP contribution in [0.25, 0.3) is 0 Å². The Morgan fingerprint density at radius 2 is 1.45 bits per heavy atom. The number of para-hydroxylation sites is 2. The molecule has 154 valence electrons. The van der Waals surface area contributed by atoms with Crippen LogP contribution in [-0.2, 0) is 4.74 Å². The van der Waals surface area contributed by atoms with E-state index < -0.39 is 0 Å². The molecule has 0 aliphatic carbocycles. The van der Waals surface area contributed by atoms with Crippen LogP contribution < -0.4 is 15.1 Å². The van der Waals surface area contributed by atoms with Gasteiger partial charge in [-0.1, -0.05) is 18.2 Å². The van der Waals surface area contributed by atoms with Crippen LogP contribution in [0.5, 0.6) is 0 Å². The Balaban J connectivity index is 1.38. The van der Waals surface area contributed by atoms with Crippen molar-refractivity contribution >= 4 is 23.1 Å². The molecular formula is C23H30N4O2. The van der Waals surface area contributed by atoms with E-state index in [2.05, 4.69) is 53.2 Å². The van der Waals surface area contributed by atoms with Crippen LogP contribution in [0.15, 0.2) is 42.5 Å². The number of nitrogens with zero attached hydrogens (tertiary/aromatic N) is 3. The largest absolute Gasteiger partial charge is 0.378 e. The number of urea groups is 1. The number of nitrogens with one attached hydrogen (secondary N) is 1. The van der Waals surface area contributed by atoms with E-state index in [9.17, 15) is 4.79 Å². The van der Waals surface area contributed by atoms with Crippen molar-refractivity contribution in [3.63, 3.8) is 0 Å². The molecule has 0 atom stereocenters. The molecule has 2 heterocycles. The van der Waals surface area contributed by atoms with Gasteiger partial charge >= 0.3 is 6.03 Å². The van der Waals surface area contributed by atoms with Crippen LogP contribution in [0.1, 0.15) is 11.1 Å². The number of morpholine rings is 1. The first kappa shape index (κ1) is 19.6. The summed E-state index contributed by atoms with van der Waals surface area (Å²) in [7, 11) is 0. The third-order valence-electron chi connectivity index (χ3n) is 5.90. The van der Waals surface area contributed by atoms with Crippen molar-refractivity contribution in [1.29, 1.82) is 0 Å². The third kappa shape index (κ3) is 4.48. The minimum absolute atomic E-state index is 0.0191. The number of anilines is 3. The van der Waals surface area contributed by atoms with E-state index in [0.717, 1.165) is 45.1 Å². The minimum atomic E-state index is -0.0191. The molecule has 0 bridgehead atoms. The van der Waals surface area contributed by atoms with Gasteiger partial charge in [0.1, 0.15) is 0 Å². The lowest BCUT2D eigenvalue weighted by atomic mass is 10.1. The highest BCUT2D eigenvalue weighted by atomic mass is 16.5. The molecule has 0 saturated carbocycles. The number of carbonyl (C=O) groups excluding carboxylic acids is 1. The van der Waals surface area contributed by atoms with Crippen LogP contribution in [0, 0.1) is 13.8 Å². The SMILES string of the molecule is Cc1ccc(NC(=O)N2CCN(c3ccccc3N3CCOCC3)CC2)cc1C. The molecule has 29 heavy (non-hydrogen) atoms. The van der Waals surface area contributed by atoms with Crippen molar-refractivity contribution in [2.24, 2.45) is 0 Å². The lowest BCUT2D eigenvalue weighted by Gasteiger charge is -2.39. The van der Waals surface area contributed by atoms with E-state index in [1.807, 2.05) is 23.1 Å². The average molecular weight is 395 g/mol. The Morgan fingerprint density at radius 1 is 0.828 bits per heavy atom. The van der Waals surface area contributed by atoms with Crippen LogP contribution >= 0.6 is 0 Å². The minimum Gasteiger partial charge on any atom is -0.378 e. The number of aryl methyl sites for hydroxylation is 2. The quantitative estimate of drug-likeness (QED) is 0.866. The molecule has 2 aromatic carbocycles. The molecule has 2 saturated heterocycles. The van der Waals surface area contributed by atoms with Crippen molar-refractivity contribution in [3.8, 4) is 0 Å². The fourth-order valence-electron chi connectivity index (χ4n) is 3.98. The summed E-state index contributed by atoms with van der Waals surface area (Å²) in [5.41, 5.74) is 5.80. The second kappa shape index (κ2) is 8.74. The lowest BCUT2D eigenvalue weighted by Crippen LogP contribution is -2.50. The van der Waals surface area contributed by atoms with E-state index in [0.29, 0.717) is 13.1 Å². The summed E-state index contributed by atoms with van der Waals surface area (Å²) in [6.45, 7) is 10.7. The molecular weight excluding hydrogens is 364 g/mol. The van der Waals surface area contributed by atoms with Crippen molar-refractivity contribution in [2.75, 3.05) is 67.6 Å². The molecule has 1 N–H and O–H groups in total. The number of piperazine rings is 1. The summed E-state index contributed by atoms with van der Waals surface area (Å²) in [5, 5.41) is 3.04. The first-order chi connectivity index (χ1) is 14.1. The van der Waals surface area contributed by atoms with Gasteiger partial charge in [-0.3, -0.25) is 0 Å². The molecule has 0 spiro atoms. The summed E-state index contributed by atoms with van der Waals surface area (Å²) in [6, 6.07) is 14.6. The van der Waals surface area contributed by atoms with Crippen LogP contribution in [0.3, 0.4) is 0 Å². The van der Waals surface area contributed by atoms with Gasteiger partial charge in [0.2, 0.25) is 0 Å². The number of ether oxygens (including phenoxy) is 1. The number of rotatable bonds is 3. The number of benzene rings is 2. The third-order valence-corrected chi connectivity index (χ3v) is 5.90. The zero-order valence-electron chi connectivity index (χ0n) is 17.4. The predicted octanol–water partition coefficient (Wildman–Crippen LogP) is 3.49. The van der Waals surface area contributed by atoms with Gasteiger partial charge in [-0.25, -0.2) is 4.79 Å². The van der Waals surface area contributed by atoms with Gasteiger partial charge in [-0.05, 0) is 49.2 Å². The standard InChI is InChI=1S/C23H30N4O2/c1-18-7-8-20(17-19(18)2)24-23(28)27-11-9-25(10-12-27)21-5-3-4-6-22(21)26-13-15-29-16-14-26/h3-8,17H,9-16H2,1-2H3,(H,24,28). The lowest BCUT2D eigenvalue weighted by molar-refractivity contribution is 0.122. The zero-order chi connectivity index (χ0) is 20.2. The Bertz CT molecular complexity index is 856. The van der Waals surface area contributed by atoms with E-state index in [1.54, 1.807) is 0 Å². The normalized spacial score (nSPS) is 17.4. The molecule has 0 unspecified atom stereocenters. The average Bonchev–Trinajstić information content (AvgIpc) is 2.77. The maximum absolute atomic E-state index is 12.7. The van der Waals surface area contributed by atoms with Crippen molar-refractivity contribution < 1.29 is 9.53 Å². The molecule has 2 amide bonds. The Morgan fingerprint density at radius 3 is 2.07 bits per heavy atom. The molecule has 2 fully saturated rings. The fourth-order valence-corrected chi connectivity index (χ4v) is 3.98. The highest BCUT2D eigenvalue weighted by Crippen LogP contribution is 2.30. The second-order valence-electron chi connectivity index (χ2n) is 7.79. The van der Waals surface area contributed by atoms with E-state index >= 15 is 0 Å². The maximum Gasteiger partial charge on any atom is 0.321 e. The van der Waals surface area contributed by atoms with Gasteiger partial charge in [-0.15, -0.1) is 0 Å². The Kier molecular flexibility index (Phi) is 5.90. The summed E-state index contributed by atoms with van der Waals surface area (Å²) < 4.78 is 5.50. The maximum atomic E-state index is 12.7. The predicted molar refractivity (Wildman–Crippen MR) is 118 cm³/mol. The molecule has 2 aliphatic heterocycles. The molecule has 2 aliphatic rings. The van der Waals surface area contributed by atoms with E-state index in [1.165, 1.54) is 22.5 Å². The van der Waals surface area contributed by atoms with Gasteiger partial charge in [0, 0.05) is 45.0 Å². The number of amides is 2. The van der Waals surface area contributed by atoms with Crippen LogP contribution in [-0.4, -0.2) is 63.4 Å². The molecule has 4 rings (SSSR count). The van der Waals surface area contributed by atoms with Crippen molar-refractivity contribution in [1.82, 2.24) is 4.90 Å². The van der Waals surface area contributed by atoms with Gasteiger partial charge < -0.3 is 24.8 Å². The molecule has 6 heteroatoms. The first-order valence-corrected chi connectivity index (χ1v) is 10.4. The van der Waals surface area contributed by atoms with Crippen molar-refractivity contribution in [2.45, 2.75) is 13.8 Å². The summed E-state index contributed by atoms with van der Waals surface area (Å²) in [4.78, 5) is 19.4. The molecule has 6 nitrogen and oxygen atoms in total. The van der Waals surface area contributed by atoms with Gasteiger partial charge in [-0.2, -0.15) is 0 Å². The Labute approximate surface area is 173 Å². The topological polar surface area (TPSA) is 48.1 Å².